The first-order chi connectivity index (χ1) is 12.1. The van der Waals surface area contributed by atoms with Gasteiger partial charge in [-0.3, -0.25) is 4.98 Å². The van der Waals surface area contributed by atoms with Crippen LogP contribution < -0.4 is 10.1 Å². The lowest BCUT2D eigenvalue weighted by atomic mass is 10.2. The zero-order valence-electron chi connectivity index (χ0n) is 16.0. The summed E-state index contributed by atoms with van der Waals surface area (Å²) in [6, 6.07) is 14.2. The summed E-state index contributed by atoms with van der Waals surface area (Å²) >= 11 is 0. The summed E-state index contributed by atoms with van der Waals surface area (Å²) in [5.41, 5.74) is 3.20. The van der Waals surface area contributed by atoms with Crippen LogP contribution in [0.25, 0.3) is 0 Å². The van der Waals surface area contributed by atoms with E-state index in [4.69, 9.17) is 9.73 Å². The lowest BCUT2D eigenvalue weighted by Gasteiger charge is -2.22. The minimum absolute atomic E-state index is 0. The monoisotopic (exact) mass is 468 g/mol. The fraction of sp³-hybridized carbons (Fsp3) is 0.400. The first kappa shape index (κ1) is 22.2. The topological polar surface area (TPSA) is 49.8 Å². The van der Waals surface area contributed by atoms with Crippen LogP contribution in [-0.4, -0.2) is 36.0 Å². The second-order valence-electron chi connectivity index (χ2n) is 5.87. The molecule has 1 N–H and O–H groups in total. The van der Waals surface area contributed by atoms with Crippen LogP contribution in [0.3, 0.4) is 0 Å². The number of nitrogens with one attached hydrogen (secondary N) is 1. The maximum Gasteiger partial charge on any atom is 0.194 e. The van der Waals surface area contributed by atoms with Gasteiger partial charge in [0.1, 0.15) is 5.75 Å². The standard InChI is InChI=1S/C20H28N4O.HI/c1-5-21-20(22-14-18-9-7-8-16(3)23-18)24(4)15-17-10-12-19(13-11-17)25-6-2;/h7-13H,5-6,14-15H2,1-4H3,(H,21,22);1H. The molecule has 0 unspecified atom stereocenters. The molecule has 2 aromatic rings. The fourth-order valence-electron chi connectivity index (χ4n) is 2.52. The molecule has 0 atom stereocenters. The normalized spacial score (nSPS) is 10.8. The van der Waals surface area contributed by atoms with E-state index in [-0.39, 0.29) is 24.0 Å². The van der Waals surface area contributed by atoms with Gasteiger partial charge in [0, 0.05) is 25.8 Å². The summed E-state index contributed by atoms with van der Waals surface area (Å²) in [5, 5.41) is 3.34. The Morgan fingerprint density at radius 2 is 1.88 bits per heavy atom. The highest BCUT2D eigenvalue weighted by Gasteiger charge is 2.07. The maximum atomic E-state index is 5.49. The third-order valence-corrected chi connectivity index (χ3v) is 3.69. The second-order valence-corrected chi connectivity index (χ2v) is 5.87. The van der Waals surface area contributed by atoms with Gasteiger partial charge in [-0.15, -0.1) is 24.0 Å². The Kier molecular flexibility index (Phi) is 10.0. The van der Waals surface area contributed by atoms with E-state index in [2.05, 4.69) is 34.3 Å². The van der Waals surface area contributed by atoms with Gasteiger partial charge in [-0.05, 0) is 50.6 Å². The molecule has 0 spiro atoms. The number of hydrogen-bond donors (Lipinski definition) is 1. The summed E-state index contributed by atoms with van der Waals surface area (Å²) in [5.74, 6) is 1.78. The van der Waals surface area contributed by atoms with E-state index in [1.807, 2.05) is 51.2 Å². The molecule has 0 amide bonds. The van der Waals surface area contributed by atoms with E-state index >= 15 is 0 Å². The lowest BCUT2D eigenvalue weighted by Crippen LogP contribution is -2.38. The third kappa shape index (κ3) is 7.19. The predicted octanol–water partition coefficient (Wildman–Crippen LogP) is 4.00. The van der Waals surface area contributed by atoms with Crippen molar-refractivity contribution in [3.63, 3.8) is 0 Å². The van der Waals surface area contributed by atoms with Crippen LogP contribution in [0.5, 0.6) is 5.75 Å². The molecule has 2 rings (SSSR count). The van der Waals surface area contributed by atoms with Crippen LogP contribution in [0, 0.1) is 6.92 Å². The van der Waals surface area contributed by atoms with E-state index in [1.165, 1.54) is 5.56 Å². The fourth-order valence-corrected chi connectivity index (χ4v) is 2.52. The van der Waals surface area contributed by atoms with Gasteiger partial charge in [-0.1, -0.05) is 18.2 Å². The number of aromatic nitrogens is 1. The largest absolute Gasteiger partial charge is 0.494 e. The maximum absolute atomic E-state index is 5.49. The van der Waals surface area contributed by atoms with Crippen LogP contribution in [0.4, 0.5) is 0 Å². The zero-order chi connectivity index (χ0) is 18.1. The molecular weight excluding hydrogens is 439 g/mol. The molecule has 142 valence electrons. The van der Waals surface area contributed by atoms with Crippen molar-refractivity contribution in [3.05, 3.63) is 59.4 Å². The van der Waals surface area contributed by atoms with Crippen molar-refractivity contribution in [2.24, 2.45) is 4.99 Å². The predicted molar refractivity (Wildman–Crippen MR) is 118 cm³/mol. The molecular formula is C20H29IN4O. The summed E-state index contributed by atoms with van der Waals surface area (Å²) in [7, 11) is 2.04. The van der Waals surface area contributed by atoms with Crippen LogP contribution in [0.2, 0.25) is 0 Å². The third-order valence-electron chi connectivity index (χ3n) is 3.69. The number of ether oxygens (including phenoxy) is 1. The molecule has 0 aliphatic heterocycles. The summed E-state index contributed by atoms with van der Waals surface area (Å²) in [6.45, 7) is 8.92. The molecule has 0 saturated carbocycles. The Morgan fingerprint density at radius 1 is 1.15 bits per heavy atom. The molecule has 5 nitrogen and oxygen atoms in total. The van der Waals surface area contributed by atoms with Crippen LogP contribution in [0.15, 0.2) is 47.5 Å². The Hall–Kier alpha value is -1.83. The van der Waals surface area contributed by atoms with Gasteiger partial charge in [0.15, 0.2) is 5.96 Å². The van der Waals surface area contributed by atoms with E-state index in [0.717, 1.165) is 36.2 Å². The number of nitrogens with zero attached hydrogens (tertiary/aromatic N) is 3. The first-order valence-corrected chi connectivity index (χ1v) is 8.76. The second kappa shape index (κ2) is 11.7. The molecule has 0 fully saturated rings. The van der Waals surface area contributed by atoms with Gasteiger partial charge < -0.3 is 15.0 Å². The summed E-state index contributed by atoms with van der Waals surface area (Å²) < 4.78 is 5.49. The lowest BCUT2D eigenvalue weighted by molar-refractivity contribution is 0.340. The van der Waals surface area contributed by atoms with Gasteiger partial charge in [0.05, 0.1) is 18.8 Å². The van der Waals surface area contributed by atoms with Crippen LogP contribution in [0.1, 0.15) is 30.8 Å². The molecule has 0 saturated heterocycles. The summed E-state index contributed by atoms with van der Waals surface area (Å²) in [6.07, 6.45) is 0. The van der Waals surface area contributed by atoms with Crippen LogP contribution in [-0.2, 0) is 13.1 Å². The molecule has 1 heterocycles. The molecule has 1 aromatic carbocycles. The highest BCUT2D eigenvalue weighted by molar-refractivity contribution is 14.0. The Labute approximate surface area is 173 Å². The number of aliphatic imine (C=N–C) groups is 1. The SMILES string of the molecule is CCNC(=NCc1cccc(C)n1)N(C)Cc1ccc(OCC)cc1.I. The number of pyridine rings is 1. The van der Waals surface area contributed by atoms with Crippen LogP contribution >= 0.6 is 24.0 Å². The Balaban J connectivity index is 0.00000338. The highest BCUT2D eigenvalue weighted by atomic mass is 127. The minimum Gasteiger partial charge on any atom is -0.494 e. The van der Waals surface area contributed by atoms with E-state index in [9.17, 15) is 0 Å². The number of hydrogen-bond acceptors (Lipinski definition) is 3. The van der Waals surface area contributed by atoms with Crippen molar-refractivity contribution in [3.8, 4) is 5.75 Å². The van der Waals surface area contributed by atoms with Crippen molar-refractivity contribution in [2.45, 2.75) is 33.9 Å². The first-order valence-electron chi connectivity index (χ1n) is 8.76. The molecule has 0 aliphatic rings. The highest BCUT2D eigenvalue weighted by Crippen LogP contribution is 2.13. The molecule has 0 radical (unpaired) electrons. The molecule has 0 aliphatic carbocycles. The van der Waals surface area contributed by atoms with Gasteiger partial charge >= 0.3 is 0 Å². The van der Waals surface area contributed by atoms with Gasteiger partial charge in [0.2, 0.25) is 0 Å². The average Bonchev–Trinajstić information content (AvgIpc) is 2.60. The number of halogens is 1. The number of rotatable bonds is 7. The van der Waals surface area contributed by atoms with Crippen molar-refractivity contribution < 1.29 is 4.74 Å². The van der Waals surface area contributed by atoms with Crippen molar-refractivity contribution in [2.75, 3.05) is 20.2 Å². The molecule has 6 heteroatoms. The smallest absolute Gasteiger partial charge is 0.194 e. The molecule has 1 aromatic heterocycles. The van der Waals surface area contributed by atoms with Crippen molar-refractivity contribution >= 4 is 29.9 Å². The van der Waals surface area contributed by atoms with E-state index in [0.29, 0.717) is 13.2 Å². The van der Waals surface area contributed by atoms with Gasteiger partial charge in [-0.2, -0.15) is 0 Å². The number of guanidine groups is 1. The molecule has 26 heavy (non-hydrogen) atoms. The quantitative estimate of drug-likeness (QED) is 0.379. The van der Waals surface area contributed by atoms with Gasteiger partial charge in [0.25, 0.3) is 0 Å². The minimum atomic E-state index is 0. The number of benzene rings is 1. The zero-order valence-corrected chi connectivity index (χ0v) is 18.4. The molecule has 0 bridgehead atoms. The van der Waals surface area contributed by atoms with Crippen molar-refractivity contribution in [1.82, 2.24) is 15.2 Å². The average molecular weight is 468 g/mol. The Bertz CT molecular complexity index is 688. The summed E-state index contributed by atoms with van der Waals surface area (Å²) in [4.78, 5) is 11.3. The Morgan fingerprint density at radius 3 is 2.50 bits per heavy atom. The van der Waals surface area contributed by atoms with E-state index < -0.39 is 0 Å². The van der Waals surface area contributed by atoms with Gasteiger partial charge in [-0.25, -0.2) is 4.99 Å². The van der Waals surface area contributed by atoms with E-state index in [1.54, 1.807) is 0 Å². The number of aryl methyl sites for hydroxylation is 1. The van der Waals surface area contributed by atoms with Crippen molar-refractivity contribution in [1.29, 1.82) is 0 Å².